The Morgan fingerprint density at radius 3 is 2.50 bits per heavy atom. The molecule has 1 aliphatic heterocycles. The Labute approximate surface area is 164 Å². The number of hydrogen-bond acceptors (Lipinski definition) is 7. The first-order chi connectivity index (χ1) is 13.2. The van der Waals surface area contributed by atoms with Gasteiger partial charge in [0.05, 0.1) is 30.2 Å². The van der Waals surface area contributed by atoms with Crippen LogP contribution in [0, 0.1) is 0 Å². The Hall–Kier alpha value is -2.81. The molecule has 0 aliphatic carbocycles. The fourth-order valence-electron chi connectivity index (χ4n) is 2.37. The minimum absolute atomic E-state index is 0.0965. The maximum absolute atomic E-state index is 12.2. The van der Waals surface area contributed by atoms with Crippen molar-refractivity contribution < 1.29 is 28.6 Å². The third kappa shape index (κ3) is 6.73. The molecule has 3 N–H and O–H groups in total. The van der Waals surface area contributed by atoms with Crippen LogP contribution in [0.25, 0.3) is 0 Å². The van der Waals surface area contributed by atoms with E-state index in [1.165, 1.54) is 7.11 Å². The van der Waals surface area contributed by atoms with Crippen molar-refractivity contribution in [3.8, 4) is 0 Å². The Morgan fingerprint density at radius 2 is 1.93 bits per heavy atom. The smallest absolute Gasteiger partial charge is 0.408 e. The minimum Gasteiger partial charge on any atom is -0.465 e. The summed E-state index contributed by atoms with van der Waals surface area (Å²) in [4.78, 5) is 35.6. The number of anilines is 2. The molecule has 9 heteroatoms. The van der Waals surface area contributed by atoms with E-state index < -0.39 is 23.6 Å². The second-order valence-corrected chi connectivity index (χ2v) is 7.32. The zero-order valence-corrected chi connectivity index (χ0v) is 16.6. The topological polar surface area (TPSA) is 115 Å². The molecule has 1 fully saturated rings. The Morgan fingerprint density at radius 1 is 1.21 bits per heavy atom. The van der Waals surface area contributed by atoms with E-state index in [2.05, 4.69) is 16.0 Å². The van der Waals surface area contributed by atoms with E-state index in [1.54, 1.807) is 39.0 Å². The van der Waals surface area contributed by atoms with Crippen molar-refractivity contribution in [1.82, 2.24) is 5.32 Å². The number of hydrogen-bond donors (Lipinski definition) is 3. The van der Waals surface area contributed by atoms with Crippen LogP contribution in [-0.4, -0.2) is 56.5 Å². The van der Waals surface area contributed by atoms with Crippen molar-refractivity contribution in [2.24, 2.45) is 0 Å². The molecule has 1 aliphatic rings. The van der Waals surface area contributed by atoms with E-state index in [0.717, 1.165) is 13.0 Å². The van der Waals surface area contributed by atoms with Gasteiger partial charge >= 0.3 is 12.1 Å². The Balaban J connectivity index is 2.00. The number of esters is 1. The molecule has 28 heavy (non-hydrogen) atoms. The van der Waals surface area contributed by atoms with Gasteiger partial charge in [0.15, 0.2) is 0 Å². The second-order valence-electron chi connectivity index (χ2n) is 7.32. The van der Waals surface area contributed by atoms with Crippen molar-refractivity contribution in [1.29, 1.82) is 0 Å². The molecule has 0 unspecified atom stereocenters. The SMILES string of the molecule is COC(=O)c1ccc(NC(=O)CNC(=O)OC(C)(C)C)c(NC[C@@H]2CCO2)c1. The van der Waals surface area contributed by atoms with E-state index in [9.17, 15) is 14.4 Å². The molecule has 0 bridgehead atoms. The van der Waals surface area contributed by atoms with Crippen LogP contribution in [0.15, 0.2) is 18.2 Å². The van der Waals surface area contributed by atoms with Crippen molar-refractivity contribution in [2.45, 2.75) is 38.9 Å². The van der Waals surface area contributed by atoms with Crippen LogP contribution in [0.3, 0.4) is 0 Å². The molecule has 1 atom stereocenters. The molecule has 1 heterocycles. The quantitative estimate of drug-likeness (QED) is 0.608. The normalized spacial score (nSPS) is 15.8. The third-order valence-electron chi connectivity index (χ3n) is 3.82. The van der Waals surface area contributed by atoms with Gasteiger partial charge in [-0.25, -0.2) is 9.59 Å². The van der Waals surface area contributed by atoms with Crippen molar-refractivity contribution in [3.05, 3.63) is 23.8 Å². The molecular weight excluding hydrogens is 366 g/mol. The highest BCUT2D eigenvalue weighted by molar-refractivity contribution is 5.98. The number of benzene rings is 1. The first-order valence-corrected chi connectivity index (χ1v) is 9.02. The average molecular weight is 393 g/mol. The number of carbonyl (C=O) groups excluding carboxylic acids is 3. The zero-order valence-electron chi connectivity index (χ0n) is 16.6. The fraction of sp³-hybridized carbons (Fsp3) is 0.526. The number of amides is 2. The average Bonchev–Trinajstić information content (AvgIpc) is 2.57. The van der Waals surface area contributed by atoms with E-state index in [0.29, 0.717) is 23.5 Å². The summed E-state index contributed by atoms with van der Waals surface area (Å²) in [6, 6.07) is 4.75. The summed E-state index contributed by atoms with van der Waals surface area (Å²) in [5.41, 5.74) is 0.738. The van der Waals surface area contributed by atoms with Gasteiger partial charge in [0.2, 0.25) is 5.91 Å². The lowest BCUT2D eigenvalue weighted by Gasteiger charge is -2.27. The number of alkyl carbamates (subject to hydrolysis) is 1. The number of nitrogens with one attached hydrogen (secondary N) is 3. The predicted molar refractivity (Wildman–Crippen MR) is 103 cm³/mol. The van der Waals surface area contributed by atoms with Crippen LogP contribution >= 0.6 is 0 Å². The molecule has 0 spiro atoms. The first-order valence-electron chi connectivity index (χ1n) is 9.02. The van der Waals surface area contributed by atoms with Gasteiger partial charge in [0.1, 0.15) is 12.1 Å². The maximum atomic E-state index is 12.2. The minimum atomic E-state index is -0.677. The van der Waals surface area contributed by atoms with Crippen LogP contribution in [-0.2, 0) is 19.0 Å². The lowest BCUT2D eigenvalue weighted by Crippen LogP contribution is -2.37. The number of ether oxygens (including phenoxy) is 3. The second kappa shape index (κ2) is 9.41. The monoisotopic (exact) mass is 393 g/mol. The van der Waals surface area contributed by atoms with Gasteiger partial charge in [-0.1, -0.05) is 0 Å². The fourth-order valence-corrected chi connectivity index (χ4v) is 2.37. The number of methoxy groups -OCH3 is 1. The van der Waals surface area contributed by atoms with Gasteiger partial charge in [-0.15, -0.1) is 0 Å². The van der Waals surface area contributed by atoms with E-state index in [4.69, 9.17) is 14.2 Å². The van der Waals surface area contributed by atoms with E-state index >= 15 is 0 Å². The highest BCUT2D eigenvalue weighted by Crippen LogP contribution is 2.25. The van der Waals surface area contributed by atoms with Crippen molar-refractivity contribution in [3.63, 3.8) is 0 Å². The molecular formula is C19H27N3O6. The van der Waals surface area contributed by atoms with Crippen molar-refractivity contribution >= 4 is 29.3 Å². The molecule has 0 radical (unpaired) electrons. The summed E-state index contributed by atoms with van der Waals surface area (Å²) in [6.45, 7) is 6.23. The van der Waals surface area contributed by atoms with Crippen LogP contribution in [0.5, 0.6) is 0 Å². The highest BCUT2D eigenvalue weighted by atomic mass is 16.6. The van der Waals surface area contributed by atoms with E-state index in [-0.39, 0.29) is 12.6 Å². The Bertz CT molecular complexity index is 725. The summed E-state index contributed by atoms with van der Waals surface area (Å²) in [6.07, 6.45) is 0.369. The molecule has 154 valence electrons. The largest absolute Gasteiger partial charge is 0.465 e. The lowest BCUT2D eigenvalue weighted by molar-refractivity contribution is -0.115. The van der Waals surface area contributed by atoms with Crippen LogP contribution in [0.1, 0.15) is 37.6 Å². The van der Waals surface area contributed by atoms with Gasteiger partial charge in [-0.05, 0) is 45.4 Å². The molecule has 0 saturated carbocycles. The lowest BCUT2D eigenvalue weighted by atomic mass is 10.1. The molecule has 0 aromatic heterocycles. The molecule has 1 aromatic rings. The molecule has 2 rings (SSSR count). The zero-order chi connectivity index (χ0) is 20.7. The highest BCUT2D eigenvalue weighted by Gasteiger charge is 2.20. The third-order valence-corrected chi connectivity index (χ3v) is 3.82. The van der Waals surface area contributed by atoms with Gasteiger partial charge in [0, 0.05) is 13.2 Å². The number of carbonyl (C=O) groups is 3. The summed E-state index contributed by atoms with van der Waals surface area (Å²) >= 11 is 0. The van der Waals surface area contributed by atoms with Gasteiger partial charge in [-0.2, -0.15) is 0 Å². The van der Waals surface area contributed by atoms with Crippen molar-refractivity contribution in [2.75, 3.05) is 37.4 Å². The summed E-state index contributed by atoms with van der Waals surface area (Å²) < 4.78 is 15.2. The summed E-state index contributed by atoms with van der Waals surface area (Å²) in [5, 5.41) is 8.28. The molecule has 1 aromatic carbocycles. The molecule has 1 saturated heterocycles. The van der Waals surface area contributed by atoms with E-state index in [1.807, 2.05) is 0 Å². The predicted octanol–water partition coefficient (Wildman–Crippen LogP) is 2.14. The van der Waals surface area contributed by atoms with Crippen LogP contribution in [0.4, 0.5) is 16.2 Å². The van der Waals surface area contributed by atoms with Gasteiger partial charge in [0.25, 0.3) is 0 Å². The van der Waals surface area contributed by atoms with Gasteiger partial charge in [-0.3, -0.25) is 4.79 Å². The summed E-state index contributed by atoms with van der Waals surface area (Å²) in [7, 11) is 1.30. The first kappa shape index (κ1) is 21.5. The maximum Gasteiger partial charge on any atom is 0.408 e. The molecule has 2 amide bonds. The summed E-state index contributed by atoms with van der Waals surface area (Å²) in [5.74, 6) is -0.910. The van der Waals surface area contributed by atoms with Crippen LogP contribution < -0.4 is 16.0 Å². The Kier molecular flexibility index (Phi) is 7.22. The standard InChI is InChI=1S/C19H27N3O6/c1-19(2,3)28-18(25)21-11-16(23)22-14-6-5-12(17(24)26-4)9-15(14)20-10-13-7-8-27-13/h5-6,9,13,20H,7-8,10-11H2,1-4H3,(H,21,25)(H,22,23)/t13-/m0/s1. The van der Waals surface area contributed by atoms with Crippen LogP contribution in [0.2, 0.25) is 0 Å². The molecule has 9 nitrogen and oxygen atoms in total. The van der Waals surface area contributed by atoms with Gasteiger partial charge < -0.3 is 30.2 Å². The number of rotatable bonds is 7.